The molecule has 2 aromatic heterocycles. The molecule has 0 fully saturated rings. The highest BCUT2D eigenvalue weighted by Gasteiger charge is 2.09. The first kappa shape index (κ1) is 14.0. The van der Waals surface area contributed by atoms with E-state index in [4.69, 9.17) is 5.73 Å². The van der Waals surface area contributed by atoms with Crippen LogP contribution in [-0.2, 0) is 6.54 Å². The SMILES string of the molecule is CCN(CC)c1nc(N)nc(NCCn2cccn2)n1. The fourth-order valence-corrected chi connectivity index (χ4v) is 1.82. The second-order valence-corrected chi connectivity index (χ2v) is 4.19. The third-order valence-corrected chi connectivity index (χ3v) is 2.87. The molecule has 0 aromatic carbocycles. The van der Waals surface area contributed by atoms with E-state index >= 15 is 0 Å². The number of nitrogens with zero attached hydrogens (tertiary/aromatic N) is 6. The Morgan fingerprint density at radius 2 is 2.05 bits per heavy atom. The zero-order chi connectivity index (χ0) is 14.4. The molecule has 2 rings (SSSR count). The summed E-state index contributed by atoms with van der Waals surface area (Å²) in [4.78, 5) is 14.7. The van der Waals surface area contributed by atoms with Gasteiger partial charge in [-0.3, -0.25) is 4.68 Å². The normalized spacial score (nSPS) is 10.5. The highest BCUT2D eigenvalue weighted by Crippen LogP contribution is 2.11. The molecule has 0 aliphatic rings. The molecule has 0 spiro atoms. The Bertz CT molecular complexity index is 520. The van der Waals surface area contributed by atoms with E-state index in [0.29, 0.717) is 18.4 Å². The number of rotatable bonds is 7. The molecule has 2 heterocycles. The van der Waals surface area contributed by atoms with Gasteiger partial charge in [-0.1, -0.05) is 0 Å². The van der Waals surface area contributed by atoms with E-state index in [1.807, 2.05) is 35.7 Å². The summed E-state index contributed by atoms with van der Waals surface area (Å²) in [7, 11) is 0. The Morgan fingerprint density at radius 1 is 1.25 bits per heavy atom. The van der Waals surface area contributed by atoms with Gasteiger partial charge in [0.15, 0.2) is 0 Å². The number of anilines is 3. The van der Waals surface area contributed by atoms with Crippen molar-refractivity contribution in [1.29, 1.82) is 0 Å². The van der Waals surface area contributed by atoms with E-state index < -0.39 is 0 Å². The summed E-state index contributed by atoms with van der Waals surface area (Å²) in [6.45, 7) is 7.16. The zero-order valence-corrected chi connectivity index (χ0v) is 11.8. The average molecular weight is 276 g/mol. The van der Waals surface area contributed by atoms with E-state index in [0.717, 1.165) is 19.6 Å². The monoisotopic (exact) mass is 276 g/mol. The maximum absolute atomic E-state index is 5.73. The van der Waals surface area contributed by atoms with Gasteiger partial charge in [-0.2, -0.15) is 20.1 Å². The van der Waals surface area contributed by atoms with E-state index in [-0.39, 0.29) is 5.95 Å². The van der Waals surface area contributed by atoms with Crippen LogP contribution in [0.5, 0.6) is 0 Å². The molecule has 0 bridgehead atoms. The van der Waals surface area contributed by atoms with E-state index in [2.05, 4.69) is 25.4 Å². The van der Waals surface area contributed by atoms with E-state index in [9.17, 15) is 0 Å². The van der Waals surface area contributed by atoms with Crippen LogP contribution in [0, 0.1) is 0 Å². The lowest BCUT2D eigenvalue weighted by Crippen LogP contribution is -2.25. The molecule has 0 saturated carbocycles. The van der Waals surface area contributed by atoms with Crippen LogP contribution in [0.4, 0.5) is 17.8 Å². The number of nitrogen functional groups attached to an aromatic ring is 1. The molecule has 3 N–H and O–H groups in total. The first-order valence-electron chi connectivity index (χ1n) is 6.70. The van der Waals surface area contributed by atoms with E-state index in [1.165, 1.54) is 0 Å². The highest BCUT2D eigenvalue weighted by molar-refractivity contribution is 5.41. The predicted molar refractivity (Wildman–Crippen MR) is 78.5 cm³/mol. The molecule has 0 unspecified atom stereocenters. The minimum Gasteiger partial charge on any atom is -0.368 e. The Hall–Kier alpha value is -2.38. The van der Waals surface area contributed by atoms with Gasteiger partial charge < -0.3 is 16.0 Å². The molecule has 8 heteroatoms. The maximum Gasteiger partial charge on any atom is 0.231 e. The lowest BCUT2D eigenvalue weighted by Gasteiger charge is -2.19. The third-order valence-electron chi connectivity index (χ3n) is 2.87. The summed E-state index contributed by atoms with van der Waals surface area (Å²) >= 11 is 0. The fraction of sp³-hybridized carbons (Fsp3) is 0.500. The molecular weight excluding hydrogens is 256 g/mol. The number of hydrogen-bond donors (Lipinski definition) is 2. The number of hydrogen-bond acceptors (Lipinski definition) is 7. The first-order chi connectivity index (χ1) is 9.72. The van der Waals surface area contributed by atoms with Gasteiger partial charge in [0, 0.05) is 32.0 Å². The maximum atomic E-state index is 5.73. The molecule has 0 radical (unpaired) electrons. The summed E-state index contributed by atoms with van der Waals surface area (Å²) < 4.78 is 1.84. The minimum absolute atomic E-state index is 0.225. The third kappa shape index (κ3) is 3.56. The van der Waals surface area contributed by atoms with Gasteiger partial charge in [-0.15, -0.1) is 0 Å². The lowest BCUT2D eigenvalue weighted by atomic mass is 10.5. The molecule has 0 atom stereocenters. The highest BCUT2D eigenvalue weighted by atomic mass is 15.3. The first-order valence-corrected chi connectivity index (χ1v) is 6.70. The van der Waals surface area contributed by atoms with E-state index in [1.54, 1.807) is 6.20 Å². The molecule has 0 aliphatic carbocycles. The van der Waals surface area contributed by atoms with Gasteiger partial charge in [0.05, 0.1) is 6.54 Å². The van der Waals surface area contributed by atoms with Gasteiger partial charge in [-0.05, 0) is 19.9 Å². The van der Waals surface area contributed by atoms with Crippen LogP contribution in [0.15, 0.2) is 18.5 Å². The van der Waals surface area contributed by atoms with Gasteiger partial charge in [0.25, 0.3) is 0 Å². The van der Waals surface area contributed by atoms with Crippen molar-refractivity contribution < 1.29 is 0 Å². The summed E-state index contributed by atoms with van der Waals surface area (Å²) in [6.07, 6.45) is 3.66. The van der Waals surface area contributed by atoms with Crippen molar-refractivity contribution in [3.05, 3.63) is 18.5 Å². The van der Waals surface area contributed by atoms with Crippen LogP contribution in [0.3, 0.4) is 0 Å². The molecule has 108 valence electrons. The van der Waals surface area contributed by atoms with Gasteiger partial charge in [0.1, 0.15) is 0 Å². The molecule has 20 heavy (non-hydrogen) atoms. The zero-order valence-electron chi connectivity index (χ0n) is 11.8. The average Bonchev–Trinajstić information content (AvgIpc) is 2.93. The quantitative estimate of drug-likeness (QED) is 0.764. The summed E-state index contributed by atoms with van der Waals surface area (Å²) in [6, 6.07) is 1.89. The second-order valence-electron chi connectivity index (χ2n) is 4.19. The number of nitrogens with two attached hydrogens (primary N) is 1. The Morgan fingerprint density at radius 3 is 2.70 bits per heavy atom. The molecule has 0 amide bonds. The van der Waals surface area contributed by atoms with Gasteiger partial charge in [-0.25, -0.2) is 0 Å². The van der Waals surface area contributed by atoms with Crippen molar-refractivity contribution in [2.24, 2.45) is 0 Å². The van der Waals surface area contributed by atoms with Crippen molar-refractivity contribution in [2.45, 2.75) is 20.4 Å². The van der Waals surface area contributed by atoms with Gasteiger partial charge in [0.2, 0.25) is 17.8 Å². The number of nitrogens with one attached hydrogen (secondary N) is 1. The van der Waals surface area contributed by atoms with Gasteiger partial charge >= 0.3 is 0 Å². The number of aromatic nitrogens is 5. The smallest absolute Gasteiger partial charge is 0.231 e. The second kappa shape index (κ2) is 6.69. The van der Waals surface area contributed by atoms with Crippen molar-refractivity contribution in [1.82, 2.24) is 24.7 Å². The van der Waals surface area contributed by atoms with Crippen molar-refractivity contribution >= 4 is 17.8 Å². The summed E-state index contributed by atoms with van der Waals surface area (Å²) in [5.41, 5.74) is 5.73. The molecular formula is C12H20N8. The van der Waals surface area contributed by atoms with Crippen LogP contribution >= 0.6 is 0 Å². The van der Waals surface area contributed by atoms with Crippen LogP contribution in [-0.4, -0.2) is 44.4 Å². The van der Waals surface area contributed by atoms with Crippen LogP contribution in [0.1, 0.15) is 13.8 Å². The summed E-state index contributed by atoms with van der Waals surface area (Å²) in [5, 5.41) is 7.27. The minimum atomic E-state index is 0.225. The molecule has 2 aromatic rings. The molecule has 0 saturated heterocycles. The summed E-state index contributed by atoms with van der Waals surface area (Å²) in [5.74, 6) is 1.32. The van der Waals surface area contributed by atoms with Crippen LogP contribution in [0.2, 0.25) is 0 Å². The van der Waals surface area contributed by atoms with Crippen molar-refractivity contribution in [3.8, 4) is 0 Å². The van der Waals surface area contributed by atoms with Crippen LogP contribution in [0.25, 0.3) is 0 Å². The van der Waals surface area contributed by atoms with Crippen molar-refractivity contribution in [3.63, 3.8) is 0 Å². The molecule has 0 aliphatic heterocycles. The molecule has 8 nitrogen and oxygen atoms in total. The standard InChI is InChI=1S/C12H20N8/c1-3-19(4-2)12-17-10(13)16-11(18-12)14-7-9-20-8-5-6-15-20/h5-6,8H,3-4,7,9H2,1-2H3,(H3,13,14,16,17,18). The van der Waals surface area contributed by atoms with Crippen LogP contribution < -0.4 is 16.0 Å². The topological polar surface area (TPSA) is 97.8 Å². The fourth-order valence-electron chi connectivity index (χ4n) is 1.82. The predicted octanol–water partition coefficient (Wildman–Crippen LogP) is 0.609. The Balaban J connectivity index is 2.00. The Labute approximate surface area is 118 Å². The largest absolute Gasteiger partial charge is 0.368 e. The van der Waals surface area contributed by atoms with Crippen molar-refractivity contribution in [2.75, 3.05) is 35.6 Å². The lowest BCUT2D eigenvalue weighted by molar-refractivity contribution is 0.635. The Kier molecular flexibility index (Phi) is 4.70.